The van der Waals surface area contributed by atoms with E-state index in [0.717, 1.165) is 30.1 Å². The van der Waals surface area contributed by atoms with Crippen LogP contribution in [-0.2, 0) is 14.3 Å². The van der Waals surface area contributed by atoms with Crippen molar-refractivity contribution in [3.63, 3.8) is 0 Å². The van der Waals surface area contributed by atoms with Crippen LogP contribution in [0.5, 0.6) is 0 Å². The zero-order valence-electron chi connectivity index (χ0n) is 18.7. The van der Waals surface area contributed by atoms with Crippen molar-refractivity contribution in [2.45, 2.75) is 77.7 Å². The molecule has 0 heterocycles. The van der Waals surface area contributed by atoms with Crippen molar-refractivity contribution in [2.24, 2.45) is 51.3 Å². The Bertz CT molecular complexity index is 723. The minimum atomic E-state index is -0.347. The summed E-state index contributed by atoms with van der Waals surface area (Å²) in [6.07, 6.45) is 11.4. The Hall–Kier alpha value is -1.52. The number of carbonyl (C=O) groups is 2. The molecule has 0 saturated heterocycles. The fourth-order valence-electron chi connectivity index (χ4n) is 9.29. The standard InChI is InChI=1S/C24H35NO3.CH3N/c1-14(26)28-13-21(27)20-7-6-19-18-5-4-16-10-17(25-3)8-9-24(16)12-15(22(18)24)11-23(19,20)2;1-2/h15-20,22H,3-13H2,1-2H3;2H,1H2/t15?,16-,17+,18?,19?,20?,22?,23+,24-;/m1./s1. The monoisotopic (exact) mass is 414 g/mol. The van der Waals surface area contributed by atoms with Gasteiger partial charge in [0.25, 0.3) is 0 Å². The lowest BCUT2D eigenvalue weighted by atomic mass is 9.33. The fraction of sp³-hybridized carbons (Fsp3) is 0.840. The first-order chi connectivity index (χ1) is 14.4. The summed E-state index contributed by atoms with van der Waals surface area (Å²) in [6, 6.07) is 0.495. The Morgan fingerprint density at radius 3 is 2.60 bits per heavy atom. The molecule has 1 N–H and O–H groups in total. The minimum Gasteiger partial charge on any atom is -0.458 e. The summed E-state index contributed by atoms with van der Waals surface area (Å²) in [5.74, 6) is 3.98. The molecule has 166 valence electrons. The summed E-state index contributed by atoms with van der Waals surface area (Å²) in [5.41, 5.74) is 0.716. The SMILES string of the molecule is C=N.C=N[C@H]1CC[C@@]23CC4C[C@]5(C)C(C(=O)COC(C)=O)CCC5C(CC[C@@H]2C1)C43. The molecule has 5 rings (SSSR count). The van der Waals surface area contributed by atoms with Crippen LogP contribution in [0.1, 0.15) is 71.6 Å². The number of rotatable bonds is 4. The van der Waals surface area contributed by atoms with Crippen LogP contribution in [0.3, 0.4) is 0 Å². The van der Waals surface area contributed by atoms with Crippen molar-refractivity contribution in [1.82, 2.24) is 0 Å². The van der Waals surface area contributed by atoms with Gasteiger partial charge in [-0.1, -0.05) is 6.92 Å². The molecule has 9 atom stereocenters. The highest BCUT2D eigenvalue weighted by Gasteiger charge is 2.70. The summed E-state index contributed by atoms with van der Waals surface area (Å²) in [6.45, 7) is 10.1. The predicted octanol–water partition coefficient (Wildman–Crippen LogP) is 4.72. The molecule has 5 nitrogen and oxygen atoms in total. The van der Waals surface area contributed by atoms with Crippen LogP contribution in [0.4, 0.5) is 0 Å². The van der Waals surface area contributed by atoms with Crippen molar-refractivity contribution in [3.8, 4) is 0 Å². The molecule has 5 saturated carbocycles. The van der Waals surface area contributed by atoms with Gasteiger partial charge < -0.3 is 10.1 Å². The number of hydrogen-bond donors (Lipinski definition) is 1. The molecule has 1 spiro atoms. The highest BCUT2D eigenvalue weighted by atomic mass is 16.5. The van der Waals surface area contributed by atoms with E-state index >= 15 is 0 Å². The second-order valence-corrected chi connectivity index (χ2v) is 11.0. The number of aliphatic imine (C=N–C) groups is 1. The average Bonchev–Trinajstić information content (AvgIpc) is 3.08. The maximum atomic E-state index is 12.9. The molecule has 5 heteroatoms. The molecule has 0 aromatic rings. The second-order valence-electron chi connectivity index (χ2n) is 11.0. The van der Waals surface area contributed by atoms with E-state index in [1.165, 1.54) is 58.3 Å². The molecule has 5 fully saturated rings. The van der Waals surface area contributed by atoms with Crippen LogP contribution in [0.2, 0.25) is 0 Å². The summed E-state index contributed by atoms with van der Waals surface area (Å²) in [7, 11) is 0. The van der Waals surface area contributed by atoms with Gasteiger partial charge in [0.15, 0.2) is 5.78 Å². The lowest BCUT2D eigenvalue weighted by Gasteiger charge is -2.72. The van der Waals surface area contributed by atoms with Crippen LogP contribution in [0.15, 0.2) is 4.99 Å². The second kappa shape index (κ2) is 7.87. The van der Waals surface area contributed by atoms with Gasteiger partial charge in [-0.3, -0.25) is 14.6 Å². The highest BCUT2D eigenvalue weighted by molar-refractivity contribution is 5.85. The summed E-state index contributed by atoms with van der Waals surface area (Å²) in [4.78, 5) is 28.4. The van der Waals surface area contributed by atoms with Gasteiger partial charge in [0, 0.05) is 18.9 Å². The van der Waals surface area contributed by atoms with E-state index in [1.54, 1.807) is 0 Å². The molecule has 0 aromatic carbocycles. The lowest BCUT2D eigenvalue weighted by Crippen LogP contribution is -2.65. The molecule has 0 amide bonds. The maximum Gasteiger partial charge on any atom is 0.303 e. The highest BCUT2D eigenvalue weighted by Crippen LogP contribution is 2.76. The van der Waals surface area contributed by atoms with Crippen LogP contribution >= 0.6 is 0 Å². The zero-order chi connectivity index (χ0) is 21.7. The van der Waals surface area contributed by atoms with Gasteiger partial charge in [0.2, 0.25) is 0 Å². The third kappa shape index (κ3) is 3.02. The Balaban J connectivity index is 0.00000106. The van der Waals surface area contributed by atoms with Gasteiger partial charge in [-0.25, -0.2) is 0 Å². The number of ether oxygens (including phenoxy) is 1. The molecular weight excluding hydrogens is 376 g/mol. The smallest absolute Gasteiger partial charge is 0.303 e. The number of fused-ring (bicyclic) bond motifs is 2. The van der Waals surface area contributed by atoms with Gasteiger partial charge in [-0.15, -0.1) is 0 Å². The van der Waals surface area contributed by atoms with Crippen molar-refractivity contribution in [3.05, 3.63) is 0 Å². The molecule has 0 bridgehead atoms. The first kappa shape index (κ1) is 21.7. The number of nitrogens with zero attached hydrogens (tertiary/aromatic N) is 1. The Kier molecular flexibility index (Phi) is 5.69. The van der Waals surface area contributed by atoms with Crippen molar-refractivity contribution in [1.29, 1.82) is 5.41 Å². The summed E-state index contributed by atoms with van der Waals surface area (Å²) < 4.78 is 5.07. The average molecular weight is 415 g/mol. The summed E-state index contributed by atoms with van der Waals surface area (Å²) >= 11 is 0. The topological polar surface area (TPSA) is 79.6 Å². The normalized spacial score (nSPS) is 47.9. The number of esters is 1. The lowest BCUT2D eigenvalue weighted by molar-refractivity contribution is -0.231. The van der Waals surface area contributed by atoms with Crippen molar-refractivity contribution >= 4 is 25.2 Å². The van der Waals surface area contributed by atoms with E-state index < -0.39 is 0 Å². The van der Waals surface area contributed by atoms with Gasteiger partial charge in [-0.05, 0) is 112 Å². The first-order valence-corrected chi connectivity index (χ1v) is 11.9. The van der Waals surface area contributed by atoms with Gasteiger partial charge >= 0.3 is 5.97 Å². The molecule has 0 radical (unpaired) electrons. The number of ketones is 1. The van der Waals surface area contributed by atoms with E-state index in [9.17, 15) is 9.59 Å². The van der Waals surface area contributed by atoms with E-state index in [0.29, 0.717) is 17.4 Å². The van der Waals surface area contributed by atoms with Crippen LogP contribution in [0, 0.1) is 51.7 Å². The molecule has 0 aromatic heterocycles. The summed E-state index contributed by atoms with van der Waals surface area (Å²) in [5, 5.41) is 5.50. The molecule has 5 aliphatic carbocycles. The van der Waals surface area contributed by atoms with Crippen LogP contribution in [-0.4, -0.2) is 37.8 Å². The molecular formula is C25H38N2O3. The van der Waals surface area contributed by atoms with E-state index in [1.807, 2.05) is 0 Å². The number of carbonyl (C=O) groups excluding carboxylic acids is 2. The van der Waals surface area contributed by atoms with Crippen LogP contribution in [0.25, 0.3) is 0 Å². The number of hydrogen-bond acceptors (Lipinski definition) is 5. The van der Waals surface area contributed by atoms with Gasteiger partial charge in [-0.2, -0.15) is 0 Å². The zero-order valence-corrected chi connectivity index (χ0v) is 18.7. The largest absolute Gasteiger partial charge is 0.458 e. The predicted molar refractivity (Wildman–Crippen MR) is 118 cm³/mol. The first-order valence-electron chi connectivity index (χ1n) is 11.9. The number of Topliss-reactive ketones (excluding diaryl/α,β-unsaturated/α-hetero) is 1. The van der Waals surface area contributed by atoms with E-state index in [4.69, 9.17) is 10.1 Å². The molecule has 0 aliphatic heterocycles. The molecule has 30 heavy (non-hydrogen) atoms. The number of nitrogens with one attached hydrogen (secondary N) is 1. The van der Waals surface area contributed by atoms with E-state index in [-0.39, 0.29) is 29.7 Å². The maximum absolute atomic E-state index is 12.9. The third-order valence-corrected chi connectivity index (χ3v) is 10.1. The van der Waals surface area contributed by atoms with Crippen molar-refractivity contribution in [2.75, 3.05) is 6.61 Å². The van der Waals surface area contributed by atoms with E-state index in [2.05, 4.69) is 25.4 Å². The third-order valence-electron chi connectivity index (χ3n) is 10.1. The van der Waals surface area contributed by atoms with Crippen LogP contribution < -0.4 is 0 Å². The fourth-order valence-corrected chi connectivity index (χ4v) is 9.29. The Morgan fingerprint density at radius 1 is 1.13 bits per heavy atom. The van der Waals surface area contributed by atoms with Gasteiger partial charge in [0.1, 0.15) is 6.61 Å². The quantitative estimate of drug-likeness (QED) is 0.534. The molecule has 5 aliphatic rings. The van der Waals surface area contributed by atoms with Gasteiger partial charge in [0.05, 0.1) is 0 Å². The minimum absolute atomic E-state index is 0.0248. The Morgan fingerprint density at radius 2 is 1.90 bits per heavy atom. The Labute approximate surface area is 180 Å². The van der Waals surface area contributed by atoms with Crippen molar-refractivity contribution < 1.29 is 14.3 Å². The molecule has 5 unspecified atom stereocenters.